The van der Waals surface area contributed by atoms with Crippen LogP contribution >= 0.6 is 0 Å². The van der Waals surface area contributed by atoms with Gasteiger partial charge in [-0.05, 0) is 122 Å². The van der Waals surface area contributed by atoms with Crippen LogP contribution in [0.3, 0.4) is 0 Å². The van der Waals surface area contributed by atoms with Crippen molar-refractivity contribution in [2.45, 2.75) is 297 Å². The molecule has 428 valence electrons. The van der Waals surface area contributed by atoms with E-state index < -0.39 is 6.10 Å². The summed E-state index contributed by atoms with van der Waals surface area (Å²) in [6.45, 7) is 6.38. The van der Waals surface area contributed by atoms with E-state index in [0.717, 1.165) is 116 Å². The van der Waals surface area contributed by atoms with Crippen LogP contribution < -0.4 is 0 Å². The molecule has 6 nitrogen and oxygen atoms in total. The summed E-state index contributed by atoms with van der Waals surface area (Å²) >= 11 is 0. The zero-order chi connectivity index (χ0) is 54.3. The molecule has 0 bridgehead atoms. The molecule has 75 heavy (non-hydrogen) atoms. The molecule has 0 aliphatic carbocycles. The number of allylic oxidation sites excluding steroid dienone is 18. The second kappa shape index (κ2) is 62.6. The summed E-state index contributed by atoms with van der Waals surface area (Å²) < 4.78 is 16.9. The minimum atomic E-state index is -0.803. The Morgan fingerprint density at radius 2 is 0.520 bits per heavy atom. The minimum Gasteiger partial charge on any atom is -0.462 e. The van der Waals surface area contributed by atoms with Gasteiger partial charge in [0.2, 0.25) is 0 Å². The number of hydrogen-bond donors (Lipinski definition) is 0. The average Bonchev–Trinajstić information content (AvgIpc) is 3.41. The molecule has 0 radical (unpaired) electrons. The molecule has 1 unspecified atom stereocenters. The van der Waals surface area contributed by atoms with E-state index in [-0.39, 0.29) is 31.1 Å². The van der Waals surface area contributed by atoms with E-state index in [4.69, 9.17) is 14.2 Å². The fourth-order valence-electron chi connectivity index (χ4n) is 8.60. The second-order valence-corrected chi connectivity index (χ2v) is 20.5. The van der Waals surface area contributed by atoms with Gasteiger partial charge in [-0.3, -0.25) is 14.4 Å². The van der Waals surface area contributed by atoms with Gasteiger partial charge in [-0.15, -0.1) is 0 Å². The SMILES string of the molecule is CC/C=C\C/C=C\C/C=C\C/C=C\CCCCC(=O)OCC(COC(=O)CCCCCCCCCCCCCCC/C=C\C/C=C\CCCCCCC)OC(=O)CCCCCCCCC/C=C\C/C=C\C/C=C\CC. The highest BCUT2D eigenvalue weighted by atomic mass is 16.6. The fourth-order valence-corrected chi connectivity index (χ4v) is 8.60. The monoisotopic (exact) mass is 1040 g/mol. The zero-order valence-corrected chi connectivity index (χ0v) is 49.0. The number of esters is 3. The van der Waals surface area contributed by atoms with E-state index in [1.807, 2.05) is 0 Å². The standard InChI is InChI=1S/C69H116O6/c1-4-7-10-13-16-19-22-25-28-30-31-32-33-34-35-36-37-39-41-44-47-50-53-56-59-62-68(71)74-65-66(64-73-67(70)61-58-55-52-49-46-43-40-27-24-21-18-15-12-9-6-3)75-69(72)63-60-57-54-51-48-45-42-38-29-26-23-20-17-14-11-8-5-2/h8-9,11-12,17-18,20-22,25-27,29-31,40,46,49,66H,4-7,10,13-16,19,23-24,28,32-39,41-45,47-48,50-65H2,1-3H3/b11-8-,12-9-,20-17-,21-18-,25-22-,29-26-,31-30-,40-27-,49-46-. The van der Waals surface area contributed by atoms with Crippen molar-refractivity contribution in [3.05, 3.63) is 109 Å². The van der Waals surface area contributed by atoms with Gasteiger partial charge in [0.1, 0.15) is 13.2 Å². The van der Waals surface area contributed by atoms with E-state index in [2.05, 4.69) is 130 Å². The van der Waals surface area contributed by atoms with E-state index in [1.54, 1.807) is 0 Å². The van der Waals surface area contributed by atoms with Gasteiger partial charge >= 0.3 is 17.9 Å². The highest BCUT2D eigenvalue weighted by molar-refractivity contribution is 5.71. The molecule has 1 atom stereocenters. The molecular weight excluding hydrogens is 925 g/mol. The summed E-state index contributed by atoms with van der Waals surface area (Å²) in [6, 6.07) is 0. The fraction of sp³-hybridized carbons (Fsp3) is 0.696. The van der Waals surface area contributed by atoms with Crippen LogP contribution in [0.1, 0.15) is 290 Å². The Morgan fingerprint density at radius 1 is 0.280 bits per heavy atom. The Balaban J connectivity index is 4.37. The van der Waals surface area contributed by atoms with Gasteiger partial charge in [-0.2, -0.15) is 0 Å². The highest BCUT2D eigenvalue weighted by Gasteiger charge is 2.19. The van der Waals surface area contributed by atoms with Gasteiger partial charge in [-0.1, -0.05) is 259 Å². The first-order valence-electron chi connectivity index (χ1n) is 31.4. The van der Waals surface area contributed by atoms with Crippen LogP contribution in [-0.2, 0) is 28.6 Å². The predicted octanol–water partition coefficient (Wildman–Crippen LogP) is 21.4. The van der Waals surface area contributed by atoms with Crippen molar-refractivity contribution in [2.24, 2.45) is 0 Å². The third-order valence-electron chi connectivity index (χ3n) is 13.2. The number of carbonyl (C=O) groups is 3. The maximum atomic E-state index is 12.9. The van der Waals surface area contributed by atoms with Gasteiger partial charge in [0.05, 0.1) is 0 Å². The first-order valence-corrected chi connectivity index (χ1v) is 31.4. The molecule has 0 aliphatic rings. The normalized spacial score (nSPS) is 12.8. The smallest absolute Gasteiger partial charge is 0.306 e. The topological polar surface area (TPSA) is 78.9 Å². The van der Waals surface area contributed by atoms with Crippen molar-refractivity contribution in [3.63, 3.8) is 0 Å². The number of carbonyl (C=O) groups excluding carboxylic acids is 3. The Kier molecular flexibility index (Phi) is 59.3. The Labute approximate surface area is 463 Å². The number of hydrogen-bond acceptors (Lipinski definition) is 6. The molecule has 6 heteroatoms. The van der Waals surface area contributed by atoms with Crippen molar-refractivity contribution >= 4 is 17.9 Å². The lowest BCUT2D eigenvalue weighted by atomic mass is 10.0. The second-order valence-electron chi connectivity index (χ2n) is 20.5. The quantitative estimate of drug-likeness (QED) is 0.0261. The van der Waals surface area contributed by atoms with Gasteiger partial charge in [0, 0.05) is 19.3 Å². The molecular formula is C69H116O6. The van der Waals surface area contributed by atoms with E-state index in [0.29, 0.717) is 19.3 Å². The maximum absolute atomic E-state index is 12.9. The van der Waals surface area contributed by atoms with E-state index in [9.17, 15) is 14.4 Å². The summed E-state index contributed by atoms with van der Waals surface area (Å²) in [6.07, 6.45) is 85.3. The summed E-state index contributed by atoms with van der Waals surface area (Å²) in [5.41, 5.74) is 0. The van der Waals surface area contributed by atoms with Crippen LogP contribution in [0.2, 0.25) is 0 Å². The summed E-state index contributed by atoms with van der Waals surface area (Å²) in [5, 5.41) is 0. The molecule has 0 N–H and O–H groups in total. The first kappa shape index (κ1) is 71.1. The van der Waals surface area contributed by atoms with Crippen molar-refractivity contribution in [2.75, 3.05) is 13.2 Å². The zero-order valence-electron chi connectivity index (χ0n) is 49.0. The first-order chi connectivity index (χ1) is 37.0. The molecule has 0 amide bonds. The predicted molar refractivity (Wildman–Crippen MR) is 325 cm³/mol. The molecule has 0 heterocycles. The van der Waals surface area contributed by atoms with Gasteiger partial charge < -0.3 is 14.2 Å². The van der Waals surface area contributed by atoms with E-state index in [1.165, 1.54) is 135 Å². The lowest BCUT2D eigenvalue weighted by Gasteiger charge is -2.18. The summed E-state index contributed by atoms with van der Waals surface area (Å²) in [5.74, 6) is -0.945. The van der Waals surface area contributed by atoms with Crippen LogP contribution in [0.25, 0.3) is 0 Å². The Bertz CT molecular complexity index is 1520. The number of rotatable bonds is 56. The molecule has 0 fully saturated rings. The van der Waals surface area contributed by atoms with Gasteiger partial charge in [0.15, 0.2) is 6.10 Å². The van der Waals surface area contributed by atoms with Crippen molar-refractivity contribution in [1.29, 1.82) is 0 Å². The molecule has 0 aliphatic heterocycles. The molecule has 0 rings (SSSR count). The number of unbranched alkanes of at least 4 members (excludes halogenated alkanes) is 27. The Morgan fingerprint density at radius 3 is 0.840 bits per heavy atom. The largest absolute Gasteiger partial charge is 0.462 e. The molecule has 0 aromatic rings. The molecule has 0 saturated heterocycles. The third kappa shape index (κ3) is 60.8. The van der Waals surface area contributed by atoms with Crippen LogP contribution in [0, 0.1) is 0 Å². The molecule has 0 aromatic carbocycles. The molecule has 0 saturated carbocycles. The van der Waals surface area contributed by atoms with Crippen molar-refractivity contribution in [1.82, 2.24) is 0 Å². The van der Waals surface area contributed by atoms with Crippen molar-refractivity contribution < 1.29 is 28.6 Å². The average molecular weight is 1040 g/mol. The third-order valence-corrected chi connectivity index (χ3v) is 13.2. The van der Waals surface area contributed by atoms with Crippen LogP contribution in [0.5, 0.6) is 0 Å². The highest BCUT2D eigenvalue weighted by Crippen LogP contribution is 2.16. The van der Waals surface area contributed by atoms with Crippen molar-refractivity contribution in [3.8, 4) is 0 Å². The van der Waals surface area contributed by atoms with E-state index >= 15 is 0 Å². The molecule has 0 spiro atoms. The summed E-state index contributed by atoms with van der Waals surface area (Å²) in [7, 11) is 0. The Hall–Kier alpha value is -3.93. The lowest BCUT2D eigenvalue weighted by molar-refractivity contribution is -0.167. The van der Waals surface area contributed by atoms with Crippen LogP contribution in [-0.4, -0.2) is 37.2 Å². The van der Waals surface area contributed by atoms with Gasteiger partial charge in [0.25, 0.3) is 0 Å². The van der Waals surface area contributed by atoms with Crippen LogP contribution in [0.15, 0.2) is 109 Å². The lowest BCUT2D eigenvalue weighted by Crippen LogP contribution is -2.30. The summed E-state index contributed by atoms with van der Waals surface area (Å²) in [4.78, 5) is 38.3. The maximum Gasteiger partial charge on any atom is 0.306 e. The number of ether oxygens (including phenoxy) is 3. The molecule has 0 aromatic heterocycles. The van der Waals surface area contributed by atoms with Crippen LogP contribution in [0.4, 0.5) is 0 Å². The van der Waals surface area contributed by atoms with Gasteiger partial charge in [-0.25, -0.2) is 0 Å². The minimum absolute atomic E-state index is 0.0962.